The lowest BCUT2D eigenvalue weighted by atomic mass is 10.1. The van der Waals surface area contributed by atoms with Gasteiger partial charge in [0.15, 0.2) is 0 Å². The number of aryl methyl sites for hydroxylation is 2. The molecule has 0 radical (unpaired) electrons. The monoisotopic (exact) mass is 354 g/mol. The number of pyridine rings is 1. The molecule has 0 aromatic carbocycles. The normalized spacial score (nSPS) is 10.6. The van der Waals surface area contributed by atoms with Crippen LogP contribution in [-0.4, -0.2) is 23.1 Å². The Kier molecular flexibility index (Phi) is 4.45. The molecule has 0 saturated carbocycles. The fourth-order valence-corrected chi connectivity index (χ4v) is 3.34. The number of thiophene rings is 1. The van der Waals surface area contributed by atoms with Crippen LogP contribution in [0.2, 0.25) is 0 Å². The van der Waals surface area contributed by atoms with Crippen LogP contribution >= 0.6 is 27.3 Å². The summed E-state index contributed by atoms with van der Waals surface area (Å²) in [7, 11) is 1.86. The number of aromatic nitrogens is 1. The molecule has 0 aliphatic heterocycles. The molecule has 0 spiro atoms. The van der Waals surface area contributed by atoms with Crippen molar-refractivity contribution >= 4 is 39.1 Å². The van der Waals surface area contributed by atoms with Gasteiger partial charge in [-0.15, -0.1) is 11.3 Å². The molecule has 20 heavy (non-hydrogen) atoms. The summed E-state index contributed by atoms with van der Waals surface area (Å²) in [6.07, 6.45) is 0. The lowest BCUT2D eigenvalue weighted by molar-refractivity contribution is 0.0696. The van der Waals surface area contributed by atoms with Crippen LogP contribution in [0.15, 0.2) is 21.3 Å². The number of rotatable bonds is 4. The van der Waals surface area contributed by atoms with E-state index in [0.717, 1.165) is 20.6 Å². The zero-order valence-electron chi connectivity index (χ0n) is 11.5. The van der Waals surface area contributed by atoms with Gasteiger partial charge in [-0.1, -0.05) is 0 Å². The Morgan fingerprint density at radius 3 is 2.70 bits per heavy atom. The zero-order valence-corrected chi connectivity index (χ0v) is 13.9. The highest BCUT2D eigenvalue weighted by atomic mass is 79.9. The molecule has 4 nitrogen and oxygen atoms in total. The van der Waals surface area contributed by atoms with E-state index in [1.165, 1.54) is 0 Å². The fraction of sp³-hybridized carbons (Fsp3) is 0.286. The molecule has 0 saturated heterocycles. The van der Waals surface area contributed by atoms with Crippen LogP contribution in [0.25, 0.3) is 0 Å². The first-order valence-electron chi connectivity index (χ1n) is 6.04. The van der Waals surface area contributed by atoms with Crippen LogP contribution in [0.5, 0.6) is 0 Å². The van der Waals surface area contributed by atoms with Crippen molar-refractivity contribution in [3.63, 3.8) is 0 Å². The van der Waals surface area contributed by atoms with E-state index in [0.29, 0.717) is 12.4 Å². The van der Waals surface area contributed by atoms with Gasteiger partial charge in [-0.3, -0.25) is 0 Å². The lowest BCUT2D eigenvalue weighted by Crippen LogP contribution is -2.21. The molecular weight excluding hydrogens is 340 g/mol. The van der Waals surface area contributed by atoms with Crippen molar-refractivity contribution in [3.8, 4) is 0 Å². The minimum absolute atomic E-state index is 0.271. The smallest absolute Gasteiger partial charge is 0.339 e. The predicted molar refractivity (Wildman–Crippen MR) is 84.8 cm³/mol. The molecule has 106 valence electrons. The van der Waals surface area contributed by atoms with E-state index in [9.17, 15) is 9.90 Å². The highest BCUT2D eigenvalue weighted by Gasteiger charge is 2.19. The maximum atomic E-state index is 11.4. The average Bonchev–Trinajstić information content (AvgIpc) is 2.72. The van der Waals surface area contributed by atoms with Crippen LogP contribution < -0.4 is 4.90 Å². The van der Waals surface area contributed by atoms with Crippen molar-refractivity contribution in [2.75, 3.05) is 11.9 Å². The Labute approximate surface area is 130 Å². The van der Waals surface area contributed by atoms with Gasteiger partial charge in [0.05, 0.1) is 3.79 Å². The Hall–Kier alpha value is -1.40. The third-order valence-corrected chi connectivity index (χ3v) is 4.50. The van der Waals surface area contributed by atoms with Gasteiger partial charge in [-0.2, -0.15) is 0 Å². The summed E-state index contributed by atoms with van der Waals surface area (Å²) in [5.41, 5.74) is 2.95. The lowest BCUT2D eigenvalue weighted by Gasteiger charge is -2.21. The number of carbonyl (C=O) groups is 1. The third kappa shape index (κ3) is 3.19. The number of hydrogen-bond donors (Lipinski definition) is 1. The zero-order chi connectivity index (χ0) is 14.9. The quantitative estimate of drug-likeness (QED) is 0.905. The van der Waals surface area contributed by atoms with Crippen LogP contribution in [0.3, 0.4) is 0 Å². The number of halogens is 1. The number of carboxylic acid groups (broad SMARTS) is 1. The summed E-state index contributed by atoms with van der Waals surface area (Å²) in [4.78, 5) is 17.7. The second-order valence-corrected chi connectivity index (χ2v) is 6.99. The van der Waals surface area contributed by atoms with Crippen LogP contribution in [-0.2, 0) is 6.54 Å². The summed E-state index contributed by atoms with van der Waals surface area (Å²) in [6, 6.07) is 3.83. The highest BCUT2D eigenvalue weighted by molar-refractivity contribution is 9.11. The number of carboxylic acids is 1. The summed E-state index contributed by atoms with van der Waals surface area (Å²) in [6.45, 7) is 4.30. The Morgan fingerprint density at radius 1 is 1.45 bits per heavy atom. The topological polar surface area (TPSA) is 53.4 Å². The van der Waals surface area contributed by atoms with Gasteiger partial charge >= 0.3 is 5.97 Å². The fourth-order valence-electron chi connectivity index (χ4n) is 2.14. The summed E-state index contributed by atoms with van der Waals surface area (Å²) < 4.78 is 1.06. The predicted octanol–water partition coefficient (Wildman–Crippen LogP) is 3.86. The maximum absolute atomic E-state index is 11.4. The van der Waals surface area contributed by atoms with Crippen molar-refractivity contribution in [1.29, 1.82) is 0 Å². The van der Waals surface area contributed by atoms with Crippen molar-refractivity contribution in [2.45, 2.75) is 20.4 Å². The molecule has 2 rings (SSSR count). The third-order valence-electron chi connectivity index (χ3n) is 2.94. The van der Waals surface area contributed by atoms with E-state index in [1.807, 2.05) is 30.3 Å². The Morgan fingerprint density at radius 2 is 2.15 bits per heavy atom. The first kappa shape index (κ1) is 15.0. The SMILES string of the molecule is Cc1cc(C)c(C(=O)O)c(N(C)Cc2csc(Br)c2)n1. The van der Waals surface area contributed by atoms with Gasteiger partial charge in [-0.05, 0) is 58.4 Å². The first-order chi connectivity index (χ1) is 9.38. The van der Waals surface area contributed by atoms with Gasteiger partial charge in [0.1, 0.15) is 11.4 Å². The van der Waals surface area contributed by atoms with Crippen molar-refractivity contribution in [2.24, 2.45) is 0 Å². The average molecular weight is 355 g/mol. The number of aromatic carboxylic acids is 1. The molecule has 0 bridgehead atoms. The van der Waals surface area contributed by atoms with E-state index in [-0.39, 0.29) is 5.56 Å². The molecule has 0 aliphatic carbocycles. The molecule has 0 amide bonds. The van der Waals surface area contributed by atoms with E-state index in [1.54, 1.807) is 24.3 Å². The van der Waals surface area contributed by atoms with Crippen LogP contribution in [0.4, 0.5) is 5.82 Å². The Bertz CT molecular complexity index is 655. The molecule has 0 unspecified atom stereocenters. The molecule has 6 heteroatoms. The maximum Gasteiger partial charge on any atom is 0.339 e. The van der Waals surface area contributed by atoms with E-state index >= 15 is 0 Å². The minimum atomic E-state index is -0.941. The van der Waals surface area contributed by atoms with Gasteiger partial charge in [-0.25, -0.2) is 9.78 Å². The number of anilines is 1. The standard InChI is InChI=1S/C14H15BrN2O2S/c1-8-4-9(2)16-13(12(8)14(18)19)17(3)6-10-5-11(15)20-7-10/h4-5,7H,6H2,1-3H3,(H,18,19). The highest BCUT2D eigenvalue weighted by Crippen LogP contribution is 2.26. The number of nitrogens with zero attached hydrogens (tertiary/aromatic N) is 2. The van der Waals surface area contributed by atoms with Crippen molar-refractivity contribution in [3.05, 3.63) is 43.7 Å². The van der Waals surface area contributed by atoms with E-state index in [2.05, 4.69) is 20.9 Å². The number of hydrogen-bond acceptors (Lipinski definition) is 4. The molecule has 0 aliphatic rings. The molecule has 2 aromatic rings. The second-order valence-electron chi connectivity index (χ2n) is 4.70. The molecule has 0 fully saturated rings. The van der Waals surface area contributed by atoms with Crippen LogP contribution in [0, 0.1) is 13.8 Å². The summed E-state index contributed by atoms with van der Waals surface area (Å²) in [5, 5.41) is 11.4. The van der Waals surface area contributed by atoms with E-state index in [4.69, 9.17) is 0 Å². The van der Waals surface area contributed by atoms with Crippen LogP contribution in [0.1, 0.15) is 27.2 Å². The minimum Gasteiger partial charge on any atom is -0.478 e. The first-order valence-corrected chi connectivity index (χ1v) is 7.71. The molecule has 1 N–H and O–H groups in total. The second kappa shape index (κ2) is 5.93. The van der Waals surface area contributed by atoms with E-state index < -0.39 is 5.97 Å². The van der Waals surface area contributed by atoms with Gasteiger partial charge in [0, 0.05) is 19.3 Å². The van der Waals surface area contributed by atoms with Gasteiger partial charge in [0.2, 0.25) is 0 Å². The van der Waals surface area contributed by atoms with Gasteiger partial charge in [0.25, 0.3) is 0 Å². The molecule has 2 heterocycles. The summed E-state index contributed by atoms with van der Waals surface area (Å²) in [5.74, 6) is -0.430. The molecule has 2 aromatic heterocycles. The summed E-state index contributed by atoms with van der Waals surface area (Å²) >= 11 is 5.04. The van der Waals surface area contributed by atoms with Gasteiger partial charge < -0.3 is 10.0 Å². The van der Waals surface area contributed by atoms with Crippen molar-refractivity contribution < 1.29 is 9.90 Å². The molecular formula is C14H15BrN2O2S. The molecule has 0 atom stereocenters. The Balaban J connectivity index is 2.38. The largest absolute Gasteiger partial charge is 0.478 e. The van der Waals surface area contributed by atoms with Crippen molar-refractivity contribution in [1.82, 2.24) is 4.98 Å².